The Balaban J connectivity index is 2.57. The van der Waals surface area contributed by atoms with Crippen molar-refractivity contribution in [3.05, 3.63) is 18.3 Å². The van der Waals surface area contributed by atoms with E-state index in [2.05, 4.69) is 10.3 Å². The third-order valence-electron chi connectivity index (χ3n) is 2.18. The Morgan fingerprint density at radius 1 is 1.50 bits per heavy atom. The van der Waals surface area contributed by atoms with E-state index in [1.165, 1.54) is 0 Å². The van der Waals surface area contributed by atoms with Crippen molar-refractivity contribution >= 4 is 23.2 Å². The van der Waals surface area contributed by atoms with E-state index >= 15 is 0 Å². The van der Waals surface area contributed by atoms with E-state index in [-0.39, 0.29) is 12.0 Å². The summed E-state index contributed by atoms with van der Waals surface area (Å²) in [6.45, 7) is 3.83. The van der Waals surface area contributed by atoms with Crippen LogP contribution in [0, 0.1) is 0 Å². The van der Waals surface area contributed by atoms with Gasteiger partial charge < -0.3 is 10.1 Å². The van der Waals surface area contributed by atoms with Crippen LogP contribution in [0.2, 0.25) is 0 Å². The molecule has 0 unspecified atom stereocenters. The molecule has 4 nitrogen and oxygen atoms in total. The molecule has 1 rings (SSSR count). The number of hydrogen-bond acceptors (Lipinski definition) is 3. The zero-order valence-corrected chi connectivity index (χ0v) is 11.5. The molecule has 1 aromatic heterocycles. The van der Waals surface area contributed by atoms with Gasteiger partial charge in [0.1, 0.15) is 5.69 Å². The van der Waals surface area contributed by atoms with Gasteiger partial charge in [-0.1, -0.05) is 0 Å². The highest BCUT2D eigenvalue weighted by Gasteiger charge is 2.09. The van der Waals surface area contributed by atoms with Crippen LogP contribution in [0.4, 0.5) is 5.69 Å². The Hall–Kier alpha value is -1.29. The molecule has 0 radical (unpaired) electrons. The first-order valence-corrected chi connectivity index (χ1v) is 6.64. The topological polar surface area (TPSA) is 51.2 Å². The number of halogens is 1. The van der Waals surface area contributed by atoms with Gasteiger partial charge in [-0.25, -0.2) is 4.98 Å². The number of aromatic nitrogens is 1. The number of rotatable bonds is 7. The van der Waals surface area contributed by atoms with Crippen LogP contribution < -0.4 is 10.1 Å². The lowest BCUT2D eigenvalue weighted by Gasteiger charge is -2.13. The summed E-state index contributed by atoms with van der Waals surface area (Å²) in [4.78, 5) is 15.8. The van der Waals surface area contributed by atoms with Crippen molar-refractivity contribution in [2.24, 2.45) is 0 Å². The van der Waals surface area contributed by atoms with E-state index in [0.717, 1.165) is 12.8 Å². The average Bonchev–Trinajstić information content (AvgIpc) is 2.31. The van der Waals surface area contributed by atoms with Crippen LogP contribution in [-0.2, 0) is 4.79 Å². The Kier molecular flexibility index (Phi) is 6.50. The molecule has 1 N–H and O–H groups in total. The van der Waals surface area contributed by atoms with Gasteiger partial charge in [0, 0.05) is 18.5 Å². The molecule has 0 aliphatic heterocycles. The van der Waals surface area contributed by atoms with Crippen molar-refractivity contribution in [2.45, 2.75) is 39.2 Å². The first-order chi connectivity index (χ1) is 8.63. The van der Waals surface area contributed by atoms with Crippen molar-refractivity contribution in [1.29, 1.82) is 0 Å². The fourth-order valence-electron chi connectivity index (χ4n) is 1.40. The summed E-state index contributed by atoms with van der Waals surface area (Å²) in [5, 5.41) is 2.81. The largest absolute Gasteiger partial charge is 0.473 e. The molecule has 1 amide bonds. The Morgan fingerprint density at radius 3 is 2.94 bits per heavy atom. The summed E-state index contributed by atoms with van der Waals surface area (Å²) in [5.41, 5.74) is 0.613. The third kappa shape index (κ3) is 5.36. The number of alkyl halides is 1. The molecular formula is C13H19ClN2O2. The average molecular weight is 271 g/mol. The zero-order chi connectivity index (χ0) is 13.4. The van der Waals surface area contributed by atoms with E-state index in [4.69, 9.17) is 16.3 Å². The molecule has 0 saturated carbocycles. The number of unbranched alkanes of at least 4 members (excludes halogenated alkanes) is 1. The van der Waals surface area contributed by atoms with Gasteiger partial charge in [-0.15, -0.1) is 11.6 Å². The highest BCUT2D eigenvalue weighted by molar-refractivity contribution is 6.17. The van der Waals surface area contributed by atoms with Gasteiger partial charge >= 0.3 is 0 Å². The molecule has 0 fully saturated rings. The SMILES string of the molecule is CC(C)Oc1ncccc1NC(=O)CCCCCl. The van der Waals surface area contributed by atoms with Crippen molar-refractivity contribution in [3.63, 3.8) is 0 Å². The summed E-state index contributed by atoms with van der Waals surface area (Å²) in [7, 11) is 0. The number of carbonyl (C=O) groups is 1. The molecular weight excluding hydrogens is 252 g/mol. The minimum absolute atomic E-state index is 0.0202. The van der Waals surface area contributed by atoms with Gasteiger partial charge in [0.25, 0.3) is 0 Å². The Bertz CT molecular complexity index is 383. The van der Waals surface area contributed by atoms with Crippen molar-refractivity contribution in [2.75, 3.05) is 11.2 Å². The van der Waals surface area contributed by atoms with Gasteiger partial charge in [-0.05, 0) is 38.8 Å². The van der Waals surface area contributed by atoms with Crippen LogP contribution in [-0.4, -0.2) is 22.9 Å². The van der Waals surface area contributed by atoms with Crippen LogP contribution in [0.15, 0.2) is 18.3 Å². The van der Waals surface area contributed by atoms with E-state index in [1.807, 2.05) is 13.8 Å². The summed E-state index contributed by atoms with van der Waals surface area (Å²) < 4.78 is 5.52. The van der Waals surface area contributed by atoms with E-state index < -0.39 is 0 Å². The number of carbonyl (C=O) groups excluding carboxylic acids is 1. The van der Waals surface area contributed by atoms with Crippen molar-refractivity contribution in [3.8, 4) is 5.88 Å². The predicted molar refractivity (Wildman–Crippen MR) is 73.2 cm³/mol. The number of hydrogen-bond donors (Lipinski definition) is 1. The quantitative estimate of drug-likeness (QED) is 0.611. The lowest BCUT2D eigenvalue weighted by atomic mass is 10.2. The highest BCUT2D eigenvalue weighted by Crippen LogP contribution is 2.22. The summed E-state index contributed by atoms with van der Waals surface area (Å²) >= 11 is 5.57. The molecule has 1 heterocycles. The van der Waals surface area contributed by atoms with Crippen molar-refractivity contribution in [1.82, 2.24) is 4.98 Å². The van der Waals surface area contributed by atoms with Crippen LogP contribution in [0.3, 0.4) is 0 Å². The molecule has 0 atom stereocenters. The van der Waals surface area contributed by atoms with E-state index in [0.29, 0.717) is 23.9 Å². The number of pyridine rings is 1. The van der Waals surface area contributed by atoms with Gasteiger partial charge in [-0.3, -0.25) is 4.79 Å². The fourth-order valence-corrected chi connectivity index (χ4v) is 1.58. The monoisotopic (exact) mass is 270 g/mol. The molecule has 0 aromatic carbocycles. The number of ether oxygens (including phenoxy) is 1. The standard InChI is InChI=1S/C13H19ClN2O2/c1-10(2)18-13-11(6-5-9-15-13)16-12(17)7-3-4-8-14/h5-6,9-10H,3-4,7-8H2,1-2H3,(H,16,17). The Labute approximate surface area is 113 Å². The maximum atomic E-state index is 11.7. The predicted octanol–water partition coefficient (Wildman–Crippen LogP) is 3.22. The minimum Gasteiger partial charge on any atom is -0.473 e. The maximum absolute atomic E-state index is 11.7. The van der Waals surface area contributed by atoms with Gasteiger partial charge in [0.2, 0.25) is 11.8 Å². The van der Waals surface area contributed by atoms with Crippen LogP contribution >= 0.6 is 11.6 Å². The van der Waals surface area contributed by atoms with Gasteiger partial charge in [0.15, 0.2) is 0 Å². The summed E-state index contributed by atoms with van der Waals surface area (Å²) in [6.07, 6.45) is 3.75. The summed E-state index contributed by atoms with van der Waals surface area (Å²) in [6, 6.07) is 3.55. The molecule has 18 heavy (non-hydrogen) atoms. The molecule has 5 heteroatoms. The molecule has 100 valence electrons. The van der Waals surface area contributed by atoms with Gasteiger partial charge in [-0.2, -0.15) is 0 Å². The van der Waals surface area contributed by atoms with Crippen LogP contribution in [0.5, 0.6) is 5.88 Å². The smallest absolute Gasteiger partial charge is 0.238 e. The molecule has 0 aliphatic carbocycles. The van der Waals surface area contributed by atoms with Crippen LogP contribution in [0.1, 0.15) is 33.1 Å². The lowest BCUT2D eigenvalue weighted by molar-refractivity contribution is -0.116. The van der Waals surface area contributed by atoms with Crippen LogP contribution in [0.25, 0.3) is 0 Å². The second kappa shape index (κ2) is 7.93. The fraction of sp³-hybridized carbons (Fsp3) is 0.538. The van der Waals surface area contributed by atoms with Crippen molar-refractivity contribution < 1.29 is 9.53 Å². The third-order valence-corrected chi connectivity index (χ3v) is 2.45. The van der Waals surface area contributed by atoms with E-state index in [9.17, 15) is 4.79 Å². The highest BCUT2D eigenvalue weighted by atomic mass is 35.5. The second-order valence-corrected chi connectivity index (χ2v) is 4.59. The molecule has 1 aromatic rings. The second-order valence-electron chi connectivity index (χ2n) is 4.22. The molecule has 0 bridgehead atoms. The van der Waals surface area contributed by atoms with Gasteiger partial charge in [0.05, 0.1) is 6.10 Å². The summed E-state index contributed by atoms with van der Waals surface area (Å²) in [5.74, 6) is 1.00. The molecule has 0 spiro atoms. The lowest BCUT2D eigenvalue weighted by Crippen LogP contribution is -2.14. The van der Waals surface area contributed by atoms with E-state index in [1.54, 1.807) is 18.3 Å². The first kappa shape index (κ1) is 14.8. The first-order valence-electron chi connectivity index (χ1n) is 6.11. The molecule has 0 saturated heterocycles. The minimum atomic E-state index is -0.0401. The number of nitrogens with one attached hydrogen (secondary N) is 1. The zero-order valence-electron chi connectivity index (χ0n) is 10.8. The number of amides is 1. The number of nitrogens with zero attached hydrogens (tertiary/aromatic N) is 1. The molecule has 0 aliphatic rings. The Morgan fingerprint density at radius 2 is 2.28 bits per heavy atom. The number of anilines is 1. The normalized spacial score (nSPS) is 10.4. The maximum Gasteiger partial charge on any atom is 0.238 e.